The number of carboxylic acids is 1. The number of fused-ring (bicyclic) bond motifs is 1. The number of para-hydroxylation sites is 1. The van der Waals surface area contributed by atoms with Crippen molar-refractivity contribution in [2.24, 2.45) is 5.92 Å². The lowest BCUT2D eigenvalue weighted by Crippen LogP contribution is -2.39. The fourth-order valence-corrected chi connectivity index (χ4v) is 4.40. The molecule has 0 aromatic heterocycles. The fraction of sp³-hybridized carbons (Fsp3) is 0.348. The second-order valence-corrected chi connectivity index (χ2v) is 7.68. The van der Waals surface area contributed by atoms with E-state index in [2.05, 4.69) is 0 Å². The van der Waals surface area contributed by atoms with E-state index in [0.717, 1.165) is 23.2 Å². The van der Waals surface area contributed by atoms with Crippen LogP contribution in [-0.2, 0) is 20.8 Å². The number of nitrogens with zero attached hydrogens (tertiary/aromatic N) is 2. The summed E-state index contributed by atoms with van der Waals surface area (Å²) in [6.45, 7) is 0.918. The van der Waals surface area contributed by atoms with Gasteiger partial charge in [0.1, 0.15) is 0 Å². The maximum atomic E-state index is 12.8. The number of carbonyl (C=O) groups is 3. The molecular formula is C23H24N2O4. The van der Waals surface area contributed by atoms with Crippen molar-refractivity contribution in [3.8, 4) is 0 Å². The summed E-state index contributed by atoms with van der Waals surface area (Å²) in [5, 5.41) is 9.63. The summed E-state index contributed by atoms with van der Waals surface area (Å²) in [6.07, 6.45) is 1.37. The van der Waals surface area contributed by atoms with Gasteiger partial charge in [-0.25, -0.2) is 0 Å². The predicted octanol–water partition coefficient (Wildman–Crippen LogP) is 2.68. The lowest BCUT2D eigenvalue weighted by molar-refractivity contribution is -0.141. The SMILES string of the molecule is O=C(O)[C@@H]1CN(C(=O)CCN2C(=O)CCc3ccccc32)C[C@@H]1c1ccccc1. The summed E-state index contributed by atoms with van der Waals surface area (Å²) in [7, 11) is 0. The zero-order valence-corrected chi connectivity index (χ0v) is 16.2. The normalized spacial score (nSPS) is 21.2. The Morgan fingerprint density at radius 3 is 2.45 bits per heavy atom. The Kier molecular flexibility index (Phi) is 5.34. The predicted molar refractivity (Wildman–Crippen MR) is 109 cm³/mol. The molecule has 2 atom stereocenters. The first kappa shape index (κ1) is 19.2. The summed E-state index contributed by atoms with van der Waals surface area (Å²) in [4.78, 5) is 40.3. The fourth-order valence-electron chi connectivity index (χ4n) is 4.40. The lowest BCUT2D eigenvalue weighted by Gasteiger charge is -2.29. The second-order valence-electron chi connectivity index (χ2n) is 7.68. The quantitative estimate of drug-likeness (QED) is 0.849. The molecule has 4 rings (SSSR count). The van der Waals surface area contributed by atoms with E-state index >= 15 is 0 Å². The zero-order valence-electron chi connectivity index (χ0n) is 16.2. The van der Waals surface area contributed by atoms with Crippen molar-refractivity contribution >= 4 is 23.5 Å². The van der Waals surface area contributed by atoms with Crippen LogP contribution in [0.4, 0.5) is 5.69 Å². The minimum atomic E-state index is -0.880. The highest BCUT2D eigenvalue weighted by Crippen LogP contribution is 2.33. The third-order valence-corrected chi connectivity index (χ3v) is 5.96. The monoisotopic (exact) mass is 392 g/mol. The number of carbonyl (C=O) groups excluding carboxylic acids is 2. The number of amides is 2. The maximum absolute atomic E-state index is 12.8. The van der Waals surface area contributed by atoms with Crippen molar-refractivity contribution in [3.63, 3.8) is 0 Å². The Bertz CT molecular complexity index is 927. The molecule has 0 saturated carbocycles. The molecular weight excluding hydrogens is 368 g/mol. The maximum Gasteiger partial charge on any atom is 0.308 e. The molecule has 2 aliphatic heterocycles. The van der Waals surface area contributed by atoms with Gasteiger partial charge < -0.3 is 14.9 Å². The third kappa shape index (κ3) is 3.88. The Labute approximate surface area is 169 Å². The molecule has 2 aromatic carbocycles. The van der Waals surface area contributed by atoms with Gasteiger partial charge in [-0.05, 0) is 23.6 Å². The first-order valence-electron chi connectivity index (χ1n) is 9.98. The minimum absolute atomic E-state index is 0.0310. The molecule has 2 aliphatic rings. The van der Waals surface area contributed by atoms with Gasteiger partial charge in [0.25, 0.3) is 0 Å². The van der Waals surface area contributed by atoms with Crippen molar-refractivity contribution < 1.29 is 19.5 Å². The number of likely N-dealkylation sites (tertiary alicyclic amines) is 1. The molecule has 0 unspecified atom stereocenters. The minimum Gasteiger partial charge on any atom is -0.481 e. The molecule has 0 spiro atoms. The standard InChI is InChI=1S/C23H24N2O4/c26-21(12-13-25-20-9-5-4-8-17(20)10-11-22(25)27)24-14-18(19(15-24)23(28)29)16-6-2-1-3-7-16/h1-9,18-19H,10-15H2,(H,28,29)/t18-,19-/m1/s1. The van der Waals surface area contributed by atoms with E-state index in [0.29, 0.717) is 19.5 Å². The highest BCUT2D eigenvalue weighted by atomic mass is 16.4. The molecule has 6 heteroatoms. The van der Waals surface area contributed by atoms with Gasteiger partial charge in [0.15, 0.2) is 0 Å². The first-order valence-corrected chi connectivity index (χ1v) is 9.98. The smallest absolute Gasteiger partial charge is 0.308 e. The van der Waals surface area contributed by atoms with Crippen LogP contribution in [0.5, 0.6) is 0 Å². The van der Waals surface area contributed by atoms with Gasteiger partial charge >= 0.3 is 5.97 Å². The molecule has 29 heavy (non-hydrogen) atoms. The van der Waals surface area contributed by atoms with Crippen LogP contribution in [-0.4, -0.2) is 47.4 Å². The number of hydrogen-bond acceptors (Lipinski definition) is 3. The summed E-state index contributed by atoms with van der Waals surface area (Å²) < 4.78 is 0. The van der Waals surface area contributed by atoms with Crippen molar-refractivity contribution in [3.05, 3.63) is 65.7 Å². The van der Waals surface area contributed by atoms with E-state index in [4.69, 9.17) is 0 Å². The van der Waals surface area contributed by atoms with Crippen LogP contribution in [0.1, 0.15) is 29.9 Å². The van der Waals surface area contributed by atoms with E-state index in [1.165, 1.54) is 0 Å². The second kappa shape index (κ2) is 8.07. The summed E-state index contributed by atoms with van der Waals surface area (Å²) in [5.41, 5.74) is 2.94. The van der Waals surface area contributed by atoms with Crippen molar-refractivity contribution in [2.45, 2.75) is 25.2 Å². The summed E-state index contributed by atoms with van der Waals surface area (Å²) in [6, 6.07) is 17.3. The number of hydrogen-bond donors (Lipinski definition) is 1. The van der Waals surface area contributed by atoms with Gasteiger partial charge in [0, 0.05) is 44.1 Å². The topological polar surface area (TPSA) is 77.9 Å². The van der Waals surface area contributed by atoms with Crippen molar-refractivity contribution in [2.75, 3.05) is 24.5 Å². The Morgan fingerprint density at radius 2 is 1.69 bits per heavy atom. The third-order valence-electron chi connectivity index (χ3n) is 5.96. The number of rotatable bonds is 5. The van der Waals surface area contributed by atoms with Crippen LogP contribution in [0, 0.1) is 5.92 Å². The molecule has 2 amide bonds. The van der Waals surface area contributed by atoms with Crippen LogP contribution in [0.2, 0.25) is 0 Å². The molecule has 0 bridgehead atoms. The molecule has 150 valence electrons. The van der Waals surface area contributed by atoms with Crippen LogP contribution < -0.4 is 4.90 Å². The van der Waals surface area contributed by atoms with Crippen molar-refractivity contribution in [1.29, 1.82) is 0 Å². The molecule has 0 aliphatic carbocycles. The van der Waals surface area contributed by atoms with E-state index < -0.39 is 11.9 Å². The highest BCUT2D eigenvalue weighted by Gasteiger charge is 2.40. The van der Waals surface area contributed by atoms with Gasteiger partial charge in [0.2, 0.25) is 11.8 Å². The lowest BCUT2D eigenvalue weighted by atomic mass is 9.89. The highest BCUT2D eigenvalue weighted by molar-refractivity contribution is 5.97. The average molecular weight is 392 g/mol. The van der Waals surface area contributed by atoms with Crippen molar-refractivity contribution in [1.82, 2.24) is 4.90 Å². The van der Waals surface area contributed by atoms with E-state index in [1.54, 1.807) is 9.80 Å². The van der Waals surface area contributed by atoms with Gasteiger partial charge in [-0.2, -0.15) is 0 Å². The Balaban J connectivity index is 1.44. The van der Waals surface area contributed by atoms with E-state index in [1.807, 2.05) is 54.6 Å². The summed E-state index contributed by atoms with van der Waals surface area (Å²) >= 11 is 0. The number of benzene rings is 2. The van der Waals surface area contributed by atoms with E-state index in [-0.39, 0.29) is 30.7 Å². The molecule has 6 nitrogen and oxygen atoms in total. The molecule has 0 radical (unpaired) electrons. The number of aliphatic carboxylic acids is 1. The van der Waals surface area contributed by atoms with Crippen LogP contribution in [0.25, 0.3) is 0 Å². The van der Waals surface area contributed by atoms with Crippen LogP contribution in [0.3, 0.4) is 0 Å². The Morgan fingerprint density at radius 1 is 0.966 bits per heavy atom. The first-order chi connectivity index (χ1) is 14.0. The van der Waals surface area contributed by atoms with Crippen LogP contribution >= 0.6 is 0 Å². The largest absolute Gasteiger partial charge is 0.481 e. The van der Waals surface area contributed by atoms with Gasteiger partial charge in [-0.1, -0.05) is 48.5 Å². The molecule has 1 saturated heterocycles. The molecule has 2 aromatic rings. The molecule has 2 heterocycles. The summed E-state index contributed by atoms with van der Waals surface area (Å²) in [5.74, 6) is -1.78. The number of carboxylic acid groups (broad SMARTS) is 1. The zero-order chi connectivity index (χ0) is 20.4. The van der Waals surface area contributed by atoms with Gasteiger partial charge in [-0.15, -0.1) is 0 Å². The number of anilines is 1. The Hall–Kier alpha value is -3.15. The molecule has 1 N–H and O–H groups in total. The number of aryl methyl sites for hydroxylation is 1. The molecule has 1 fully saturated rings. The van der Waals surface area contributed by atoms with E-state index in [9.17, 15) is 19.5 Å². The average Bonchev–Trinajstić information content (AvgIpc) is 3.19. The van der Waals surface area contributed by atoms with Gasteiger partial charge in [-0.3, -0.25) is 14.4 Å². The van der Waals surface area contributed by atoms with Crippen LogP contribution in [0.15, 0.2) is 54.6 Å². The van der Waals surface area contributed by atoms with Gasteiger partial charge in [0.05, 0.1) is 5.92 Å².